The van der Waals surface area contributed by atoms with Crippen molar-refractivity contribution in [2.45, 2.75) is 25.3 Å². The van der Waals surface area contributed by atoms with Gasteiger partial charge in [0, 0.05) is 50.2 Å². The molecule has 0 N–H and O–H groups in total. The standard InChI is InChI=1S/C24H27N3O/c1-25-22-9-5-4-8-20(22)17-23(25)24(28)27-14-12-26(13-15-27)21-11-10-18-6-2-3-7-19(18)16-21/h2-9,17,21H,10-16H2,1H3/t21-/m1/s1. The van der Waals surface area contributed by atoms with Crippen LogP contribution in [0.2, 0.25) is 0 Å². The second-order valence-corrected chi connectivity index (χ2v) is 8.14. The number of aryl methyl sites for hydroxylation is 2. The van der Waals surface area contributed by atoms with Crippen LogP contribution in [0.5, 0.6) is 0 Å². The number of carbonyl (C=O) groups excluding carboxylic acids is 1. The van der Waals surface area contributed by atoms with E-state index >= 15 is 0 Å². The number of fused-ring (bicyclic) bond motifs is 2. The molecule has 0 spiro atoms. The Balaban J connectivity index is 1.26. The van der Waals surface area contributed by atoms with Gasteiger partial charge in [-0.05, 0) is 42.5 Å². The van der Waals surface area contributed by atoms with Gasteiger partial charge in [-0.3, -0.25) is 9.69 Å². The molecule has 0 saturated carbocycles. The smallest absolute Gasteiger partial charge is 0.270 e. The molecular weight excluding hydrogens is 346 g/mol. The molecule has 28 heavy (non-hydrogen) atoms. The van der Waals surface area contributed by atoms with Crippen LogP contribution in [0.25, 0.3) is 10.9 Å². The van der Waals surface area contributed by atoms with Crippen molar-refractivity contribution in [3.8, 4) is 0 Å². The van der Waals surface area contributed by atoms with Crippen molar-refractivity contribution in [3.63, 3.8) is 0 Å². The zero-order chi connectivity index (χ0) is 19.1. The van der Waals surface area contributed by atoms with E-state index in [0.29, 0.717) is 6.04 Å². The quantitative estimate of drug-likeness (QED) is 0.688. The van der Waals surface area contributed by atoms with Gasteiger partial charge in [0.25, 0.3) is 5.91 Å². The number of hydrogen-bond acceptors (Lipinski definition) is 2. The van der Waals surface area contributed by atoms with Crippen molar-refractivity contribution in [1.29, 1.82) is 0 Å². The number of rotatable bonds is 2. The highest BCUT2D eigenvalue weighted by Crippen LogP contribution is 2.26. The maximum absolute atomic E-state index is 13.1. The van der Waals surface area contributed by atoms with Gasteiger partial charge in [0.2, 0.25) is 0 Å². The summed E-state index contributed by atoms with van der Waals surface area (Å²) >= 11 is 0. The summed E-state index contributed by atoms with van der Waals surface area (Å²) in [5.41, 5.74) is 4.93. The zero-order valence-corrected chi connectivity index (χ0v) is 16.5. The summed E-state index contributed by atoms with van der Waals surface area (Å²) in [7, 11) is 1.99. The number of aromatic nitrogens is 1. The molecule has 2 heterocycles. The van der Waals surface area contributed by atoms with E-state index in [1.165, 1.54) is 24.0 Å². The molecule has 0 unspecified atom stereocenters. The van der Waals surface area contributed by atoms with Crippen LogP contribution in [0.3, 0.4) is 0 Å². The normalized spacial score (nSPS) is 20.3. The van der Waals surface area contributed by atoms with Crippen LogP contribution in [-0.4, -0.2) is 52.5 Å². The summed E-state index contributed by atoms with van der Waals surface area (Å²) in [5.74, 6) is 0.160. The fraction of sp³-hybridized carbons (Fsp3) is 0.375. The first kappa shape index (κ1) is 17.5. The Hall–Kier alpha value is -2.59. The van der Waals surface area contributed by atoms with Gasteiger partial charge in [-0.2, -0.15) is 0 Å². The highest BCUT2D eigenvalue weighted by Gasteiger charge is 2.29. The summed E-state index contributed by atoms with van der Waals surface area (Å²) in [6, 6.07) is 19.7. The van der Waals surface area contributed by atoms with E-state index in [2.05, 4.69) is 41.3 Å². The third-order valence-electron chi connectivity index (χ3n) is 6.61. The van der Waals surface area contributed by atoms with Crippen LogP contribution >= 0.6 is 0 Å². The number of piperazine rings is 1. The van der Waals surface area contributed by atoms with Crippen molar-refractivity contribution in [2.24, 2.45) is 7.05 Å². The summed E-state index contributed by atoms with van der Waals surface area (Å²) < 4.78 is 2.03. The molecule has 1 saturated heterocycles. The van der Waals surface area contributed by atoms with Crippen molar-refractivity contribution in [1.82, 2.24) is 14.4 Å². The van der Waals surface area contributed by atoms with Gasteiger partial charge in [-0.15, -0.1) is 0 Å². The topological polar surface area (TPSA) is 28.5 Å². The molecule has 1 fully saturated rings. The molecular formula is C24H27N3O. The minimum atomic E-state index is 0.160. The van der Waals surface area contributed by atoms with Crippen LogP contribution < -0.4 is 0 Å². The summed E-state index contributed by atoms with van der Waals surface area (Å²) in [6.45, 7) is 3.59. The van der Waals surface area contributed by atoms with Crippen LogP contribution in [0, 0.1) is 0 Å². The second kappa shape index (κ2) is 7.10. The molecule has 2 aliphatic rings. The molecule has 1 aromatic heterocycles. The zero-order valence-electron chi connectivity index (χ0n) is 16.5. The van der Waals surface area contributed by atoms with E-state index in [0.717, 1.165) is 49.2 Å². The van der Waals surface area contributed by atoms with Crippen LogP contribution in [0.4, 0.5) is 0 Å². The first-order valence-corrected chi connectivity index (χ1v) is 10.4. The molecule has 4 nitrogen and oxygen atoms in total. The monoisotopic (exact) mass is 373 g/mol. The minimum Gasteiger partial charge on any atom is -0.340 e. The summed E-state index contributed by atoms with van der Waals surface area (Å²) in [4.78, 5) is 17.8. The van der Waals surface area contributed by atoms with Gasteiger partial charge in [-0.25, -0.2) is 0 Å². The summed E-state index contributed by atoms with van der Waals surface area (Å²) in [6.07, 6.45) is 3.55. The molecule has 144 valence electrons. The van der Waals surface area contributed by atoms with Crippen molar-refractivity contribution < 1.29 is 4.79 Å². The van der Waals surface area contributed by atoms with Gasteiger partial charge in [0.05, 0.1) is 0 Å². The third kappa shape index (κ3) is 3.02. The van der Waals surface area contributed by atoms with Crippen molar-refractivity contribution in [3.05, 3.63) is 71.4 Å². The van der Waals surface area contributed by atoms with E-state index in [-0.39, 0.29) is 5.91 Å². The van der Waals surface area contributed by atoms with Crippen LogP contribution in [0.1, 0.15) is 28.0 Å². The maximum Gasteiger partial charge on any atom is 0.270 e. The first-order valence-electron chi connectivity index (χ1n) is 10.4. The Kier molecular flexibility index (Phi) is 4.44. The van der Waals surface area contributed by atoms with Gasteiger partial charge in [0.15, 0.2) is 0 Å². The van der Waals surface area contributed by atoms with Crippen LogP contribution in [0.15, 0.2) is 54.6 Å². The Bertz CT molecular complexity index is 1010. The molecule has 1 aliphatic heterocycles. The Labute approximate surface area is 166 Å². The predicted molar refractivity (Wildman–Crippen MR) is 113 cm³/mol. The molecule has 5 rings (SSSR count). The Morgan fingerprint density at radius 3 is 2.43 bits per heavy atom. The van der Waals surface area contributed by atoms with Gasteiger partial charge < -0.3 is 9.47 Å². The molecule has 3 aromatic rings. The Morgan fingerprint density at radius 2 is 1.64 bits per heavy atom. The number of amides is 1. The number of carbonyl (C=O) groups is 1. The molecule has 0 bridgehead atoms. The van der Waals surface area contributed by atoms with Gasteiger partial charge in [0.1, 0.15) is 5.69 Å². The van der Waals surface area contributed by atoms with Crippen molar-refractivity contribution in [2.75, 3.05) is 26.2 Å². The highest BCUT2D eigenvalue weighted by molar-refractivity contribution is 5.98. The van der Waals surface area contributed by atoms with Gasteiger partial charge >= 0.3 is 0 Å². The lowest BCUT2D eigenvalue weighted by atomic mass is 9.87. The number of nitrogens with zero attached hydrogens (tertiary/aromatic N) is 3. The molecule has 1 amide bonds. The first-order chi connectivity index (χ1) is 13.7. The van der Waals surface area contributed by atoms with E-state index in [1.807, 2.05) is 34.7 Å². The average Bonchev–Trinajstić information content (AvgIpc) is 3.10. The fourth-order valence-corrected chi connectivity index (χ4v) is 4.94. The average molecular weight is 374 g/mol. The number of benzene rings is 2. The third-order valence-corrected chi connectivity index (χ3v) is 6.61. The highest BCUT2D eigenvalue weighted by atomic mass is 16.2. The summed E-state index contributed by atoms with van der Waals surface area (Å²) in [5, 5.41) is 1.13. The second-order valence-electron chi connectivity index (χ2n) is 8.14. The lowest BCUT2D eigenvalue weighted by Gasteiger charge is -2.41. The lowest BCUT2D eigenvalue weighted by Crippen LogP contribution is -2.53. The largest absolute Gasteiger partial charge is 0.340 e. The molecule has 1 aliphatic carbocycles. The minimum absolute atomic E-state index is 0.160. The van der Waals surface area contributed by atoms with E-state index in [4.69, 9.17) is 0 Å². The molecule has 1 atom stereocenters. The fourth-order valence-electron chi connectivity index (χ4n) is 4.94. The number of hydrogen-bond donors (Lipinski definition) is 0. The molecule has 4 heteroatoms. The van der Waals surface area contributed by atoms with E-state index in [9.17, 15) is 4.79 Å². The van der Waals surface area contributed by atoms with Gasteiger partial charge in [-0.1, -0.05) is 42.5 Å². The predicted octanol–water partition coefficient (Wildman–Crippen LogP) is 3.49. The Morgan fingerprint density at radius 1 is 0.929 bits per heavy atom. The molecule has 0 radical (unpaired) electrons. The van der Waals surface area contributed by atoms with Crippen molar-refractivity contribution >= 4 is 16.8 Å². The molecule has 2 aromatic carbocycles. The van der Waals surface area contributed by atoms with E-state index < -0.39 is 0 Å². The SMILES string of the molecule is Cn1c(C(=O)N2CCN([C@@H]3CCc4ccccc4C3)CC2)cc2ccccc21. The number of para-hydroxylation sites is 1. The lowest BCUT2D eigenvalue weighted by molar-refractivity contribution is 0.0545. The van der Waals surface area contributed by atoms with Crippen LogP contribution in [-0.2, 0) is 19.9 Å². The maximum atomic E-state index is 13.1. The van der Waals surface area contributed by atoms with E-state index in [1.54, 1.807) is 0 Å².